The second-order valence-corrected chi connectivity index (χ2v) is 8.21. The molecule has 2 amide bonds. The van der Waals surface area contributed by atoms with Gasteiger partial charge in [-0.15, -0.1) is 0 Å². The van der Waals surface area contributed by atoms with E-state index in [1.807, 2.05) is 4.90 Å². The summed E-state index contributed by atoms with van der Waals surface area (Å²) in [5, 5.41) is 0. The molecule has 2 heterocycles. The maximum Gasteiger partial charge on any atom is 0.410 e. The van der Waals surface area contributed by atoms with Crippen LogP contribution in [0.3, 0.4) is 0 Å². The molecule has 1 aliphatic carbocycles. The van der Waals surface area contributed by atoms with Gasteiger partial charge in [0.2, 0.25) is 5.91 Å². The monoisotopic (exact) mass is 294 g/mol. The topological polar surface area (TPSA) is 49.9 Å². The first-order valence-electron chi connectivity index (χ1n) is 7.93. The third kappa shape index (κ3) is 2.62. The Bertz CT molecular complexity index is 468. The van der Waals surface area contributed by atoms with Crippen molar-refractivity contribution in [3.05, 3.63) is 0 Å². The largest absolute Gasteiger partial charge is 0.437 e. The Morgan fingerprint density at radius 3 is 2.43 bits per heavy atom. The summed E-state index contributed by atoms with van der Waals surface area (Å²) in [5.74, 6) is 0.996. The second-order valence-electron chi connectivity index (χ2n) is 8.21. The quantitative estimate of drug-likeness (QED) is 0.744. The molecule has 2 saturated heterocycles. The molecule has 2 aliphatic heterocycles. The minimum absolute atomic E-state index is 0.135. The number of likely N-dealkylation sites (N-methyl/N-ethyl adjacent to an activating group) is 1. The van der Waals surface area contributed by atoms with E-state index in [-0.39, 0.29) is 23.3 Å². The van der Waals surface area contributed by atoms with Gasteiger partial charge in [-0.05, 0) is 30.6 Å². The lowest BCUT2D eigenvalue weighted by molar-refractivity contribution is -0.157. The molecule has 0 aromatic heterocycles. The van der Waals surface area contributed by atoms with Crippen LogP contribution in [0, 0.1) is 17.3 Å². The first kappa shape index (κ1) is 14.7. The zero-order chi connectivity index (χ0) is 15.4. The third-order valence-electron chi connectivity index (χ3n) is 5.15. The van der Waals surface area contributed by atoms with Crippen LogP contribution < -0.4 is 0 Å². The summed E-state index contributed by atoms with van der Waals surface area (Å²) >= 11 is 0. The molecule has 5 heteroatoms. The smallest absolute Gasteiger partial charge is 0.410 e. The van der Waals surface area contributed by atoms with Crippen LogP contribution in [-0.4, -0.2) is 54.1 Å². The molecule has 2 atom stereocenters. The van der Waals surface area contributed by atoms with Crippen molar-refractivity contribution >= 4 is 12.0 Å². The van der Waals surface area contributed by atoms with Crippen molar-refractivity contribution in [1.82, 2.24) is 9.80 Å². The second kappa shape index (κ2) is 4.62. The molecule has 3 rings (SSSR count). The minimum atomic E-state index is -0.433. The normalized spacial score (nSPS) is 33.8. The van der Waals surface area contributed by atoms with E-state index in [9.17, 15) is 9.59 Å². The van der Waals surface area contributed by atoms with Crippen molar-refractivity contribution in [1.29, 1.82) is 0 Å². The van der Waals surface area contributed by atoms with E-state index in [1.165, 1.54) is 6.42 Å². The van der Waals surface area contributed by atoms with Crippen LogP contribution in [0.15, 0.2) is 0 Å². The predicted octanol–water partition coefficient (Wildman–Crippen LogP) is 2.11. The van der Waals surface area contributed by atoms with Crippen molar-refractivity contribution < 1.29 is 14.3 Å². The molecule has 3 aliphatic rings. The number of nitrogens with zero attached hydrogens (tertiary/aromatic N) is 2. The molecule has 2 unspecified atom stereocenters. The molecule has 0 bridgehead atoms. The van der Waals surface area contributed by atoms with Crippen LogP contribution in [-0.2, 0) is 9.53 Å². The first-order valence-corrected chi connectivity index (χ1v) is 7.93. The number of ether oxygens (including phenoxy) is 1. The van der Waals surface area contributed by atoms with Gasteiger partial charge in [0.25, 0.3) is 0 Å². The third-order valence-corrected chi connectivity index (χ3v) is 5.15. The Labute approximate surface area is 126 Å². The SMILES string of the molecule is CC1CC(C(=O)N2CC3(CN(C)C(=O)O3)C2)CC(C)(C)C1. The molecule has 0 aromatic carbocycles. The van der Waals surface area contributed by atoms with Gasteiger partial charge >= 0.3 is 6.09 Å². The maximum atomic E-state index is 12.7. The van der Waals surface area contributed by atoms with Crippen molar-refractivity contribution in [2.75, 3.05) is 26.7 Å². The Morgan fingerprint density at radius 2 is 1.90 bits per heavy atom. The molecule has 1 spiro atoms. The average Bonchev–Trinajstić information content (AvgIpc) is 2.60. The summed E-state index contributed by atoms with van der Waals surface area (Å²) in [6, 6.07) is 0. The lowest BCUT2D eigenvalue weighted by Crippen LogP contribution is -2.66. The van der Waals surface area contributed by atoms with Gasteiger partial charge in [-0.2, -0.15) is 0 Å². The maximum absolute atomic E-state index is 12.7. The van der Waals surface area contributed by atoms with Crippen molar-refractivity contribution in [2.45, 2.75) is 45.6 Å². The molecule has 118 valence electrons. The van der Waals surface area contributed by atoms with E-state index in [4.69, 9.17) is 4.74 Å². The lowest BCUT2D eigenvalue weighted by Gasteiger charge is -2.48. The minimum Gasteiger partial charge on any atom is -0.437 e. The van der Waals surface area contributed by atoms with Crippen LogP contribution in [0.25, 0.3) is 0 Å². The molecule has 1 saturated carbocycles. The number of hydrogen-bond acceptors (Lipinski definition) is 3. The number of carbonyl (C=O) groups excluding carboxylic acids is 2. The van der Waals surface area contributed by atoms with Gasteiger partial charge in [-0.1, -0.05) is 20.8 Å². The Morgan fingerprint density at radius 1 is 1.24 bits per heavy atom. The van der Waals surface area contributed by atoms with Gasteiger partial charge < -0.3 is 14.5 Å². The molecule has 0 aromatic rings. The van der Waals surface area contributed by atoms with E-state index in [0.717, 1.165) is 12.8 Å². The summed E-state index contributed by atoms with van der Waals surface area (Å²) in [4.78, 5) is 27.6. The summed E-state index contributed by atoms with van der Waals surface area (Å²) in [5.41, 5.74) is -0.183. The van der Waals surface area contributed by atoms with Crippen molar-refractivity contribution in [2.24, 2.45) is 17.3 Å². The number of amides is 2. The van der Waals surface area contributed by atoms with Gasteiger partial charge in [0.1, 0.15) is 0 Å². The standard InChI is InChI=1S/C16H26N2O3/c1-11-5-12(7-15(2,3)6-11)13(19)18-9-16(10-18)8-17(4)14(20)21-16/h11-12H,5-10H2,1-4H3. The Hall–Kier alpha value is -1.26. The van der Waals surface area contributed by atoms with Crippen LogP contribution >= 0.6 is 0 Å². The van der Waals surface area contributed by atoms with Crippen molar-refractivity contribution in [3.8, 4) is 0 Å². The number of likely N-dealkylation sites (tertiary alicyclic amines) is 1. The van der Waals surface area contributed by atoms with E-state index < -0.39 is 5.60 Å². The summed E-state index contributed by atoms with van der Waals surface area (Å²) in [6.45, 7) is 8.48. The van der Waals surface area contributed by atoms with Gasteiger partial charge in [-0.3, -0.25) is 4.79 Å². The van der Waals surface area contributed by atoms with Crippen LogP contribution in [0.2, 0.25) is 0 Å². The molecular weight excluding hydrogens is 268 g/mol. The zero-order valence-electron chi connectivity index (χ0n) is 13.5. The molecule has 5 nitrogen and oxygen atoms in total. The summed E-state index contributed by atoms with van der Waals surface area (Å²) < 4.78 is 5.42. The molecular formula is C16H26N2O3. The van der Waals surface area contributed by atoms with Crippen LogP contribution in [0.1, 0.15) is 40.0 Å². The first-order chi connectivity index (χ1) is 9.70. The highest BCUT2D eigenvalue weighted by Crippen LogP contribution is 2.43. The van der Waals surface area contributed by atoms with Gasteiger partial charge in [0.05, 0.1) is 19.6 Å². The highest BCUT2D eigenvalue weighted by molar-refractivity contribution is 5.81. The Kier molecular flexibility index (Phi) is 3.22. The zero-order valence-corrected chi connectivity index (χ0v) is 13.5. The number of rotatable bonds is 1. The van der Waals surface area contributed by atoms with Gasteiger partial charge in [-0.25, -0.2) is 4.79 Å². The summed E-state index contributed by atoms with van der Waals surface area (Å²) in [7, 11) is 1.74. The molecule has 21 heavy (non-hydrogen) atoms. The highest BCUT2D eigenvalue weighted by atomic mass is 16.6. The van der Waals surface area contributed by atoms with E-state index >= 15 is 0 Å². The van der Waals surface area contributed by atoms with Crippen LogP contribution in [0.4, 0.5) is 4.79 Å². The summed E-state index contributed by atoms with van der Waals surface area (Å²) in [6.07, 6.45) is 2.89. The molecule has 3 fully saturated rings. The van der Waals surface area contributed by atoms with Crippen molar-refractivity contribution in [3.63, 3.8) is 0 Å². The molecule has 0 N–H and O–H groups in total. The fraction of sp³-hybridized carbons (Fsp3) is 0.875. The fourth-order valence-corrected chi connectivity index (χ4v) is 4.55. The average molecular weight is 294 g/mol. The number of carbonyl (C=O) groups is 2. The van der Waals surface area contributed by atoms with Crippen LogP contribution in [0.5, 0.6) is 0 Å². The van der Waals surface area contributed by atoms with E-state index in [0.29, 0.717) is 25.6 Å². The molecule has 0 radical (unpaired) electrons. The van der Waals surface area contributed by atoms with E-state index in [2.05, 4.69) is 20.8 Å². The Balaban J connectivity index is 1.60. The fourth-order valence-electron chi connectivity index (χ4n) is 4.55. The predicted molar refractivity (Wildman–Crippen MR) is 78.7 cm³/mol. The van der Waals surface area contributed by atoms with Gasteiger partial charge in [0, 0.05) is 13.0 Å². The number of hydrogen-bond donors (Lipinski definition) is 0. The lowest BCUT2D eigenvalue weighted by atomic mass is 9.67. The highest BCUT2D eigenvalue weighted by Gasteiger charge is 2.55. The van der Waals surface area contributed by atoms with Gasteiger partial charge in [0.15, 0.2) is 5.60 Å². The van der Waals surface area contributed by atoms with E-state index in [1.54, 1.807) is 11.9 Å².